The molecule has 2 nitrogen and oxygen atoms in total. The second kappa shape index (κ2) is 4.46. The van der Waals surface area contributed by atoms with Gasteiger partial charge in [-0.2, -0.15) is 0 Å². The standard InChI is InChI=1S/C14H20O2/c1-9(2)16-12-6-4-11(5-7-12)13-8-14(15)10(13)3/h4-7,9-10,13-15H,8H2,1-3H3. The summed E-state index contributed by atoms with van der Waals surface area (Å²) in [4.78, 5) is 0. The largest absolute Gasteiger partial charge is 0.491 e. The molecule has 0 bridgehead atoms. The molecular formula is C14H20O2. The van der Waals surface area contributed by atoms with Crippen LogP contribution >= 0.6 is 0 Å². The van der Waals surface area contributed by atoms with Gasteiger partial charge in [0.15, 0.2) is 0 Å². The summed E-state index contributed by atoms with van der Waals surface area (Å²) in [6, 6.07) is 8.27. The number of rotatable bonds is 3. The van der Waals surface area contributed by atoms with Gasteiger partial charge in [-0.15, -0.1) is 0 Å². The number of ether oxygens (including phenoxy) is 1. The van der Waals surface area contributed by atoms with E-state index >= 15 is 0 Å². The van der Waals surface area contributed by atoms with Crippen LogP contribution in [0.5, 0.6) is 5.75 Å². The van der Waals surface area contributed by atoms with E-state index < -0.39 is 0 Å². The first-order valence-corrected chi connectivity index (χ1v) is 6.02. The minimum absolute atomic E-state index is 0.114. The summed E-state index contributed by atoms with van der Waals surface area (Å²) in [6.07, 6.45) is 0.998. The van der Waals surface area contributed by atoms with Gasteiger partial charge in [-0.3, -0.25) is 0 Å². The maximum Gasteiger partial charge on any atom is 0.119 e. The predicted molar refractivity (Wildman–Crippen MR) is 64.7 cm³/mol. The number of benzene rings is 1. The molecule has 0 heterocycles. The van der Waals surface area contributed by atoms with E-state index in [0.717, 1.165) is 12.2 Å². The first-order valence-electron chi connectivity index (χ1n) is 6.02. The fraction of sp³-hybridized carbons (Fsp3) is 0.571. The summed E-state index contributed by atoms with van der Waals surface area (Å²) in [5, 5.41) is 9.50. The molecule has 1 fully saturated rings. The van der Waals surface area contributed by atoms with Crippen LogP contribution in [0.3, 0.4) is 0 Å². The lowest BCUT2D eigenvalue weighted by Crippen LogP contribution is -2.37. The zero-order chi connectivity index (χ0) is 11.7. The van der Waals surface area contributed by atoms with Crippen LogP contribution in [0.1, 0.15) is 38.7 Å². The Labute approximate surface area is 97.3 Å². The highest BCUT2D eigenvalue weighted by Gasteiger charge is 2.36. The molecule has 16 heavy (non-hydrogen) atoms. The van der Waals surface area contributed by atoms with Gasteiger partial charge in [-0.1, -0.05) is 19.1 Å². The highest BCUT2D eigenvalue weighted by Crippen LogP contribution is 2.42. The van der Waals surface area contributed by atoms with Gasteiger partial charge in [0.2, 0.25) is 0 Å². The number of aliphatic hydroxyl groups excluding tert-OH is 1. The Balaban J connectivity index is 2.02. The molecule has 0 aliphatic heterocycles. The van der Waals surface area contributed by atoms with Crippen molar-refractivity contribution in [3.8, 4) is 5.75 Å². The van der Waals surface area contributed by atoms with Gasteiger partial charge >= 0.3 is 0 Å². The molecule has 3 unspecified atom stereocenters. The maximum absolute atomic E-state index is 9.50. The van der Waals surface area contributed by atoms with Crippen LogP contribution in [0.4, 0.5) is 0 Å². The van der Waals surface area contributed by atoms with E-state index in [9.17, 15) is 5.11 Å². The van der Waals surface area contributed by atoms with E-state index in [0.29, 0.717) is 11.8 Å². The Kier molecular flexibility index (Phi) is 3.20. The SMILES string of the molecule is CC(C)Oc1ccc(C2CC(O)C2C)cc1. The second-order valence-electron chi connectivity index (χ2n) is 5.00. The Morgan fingerprint density at radius 3 is 2.31 bits per heavy atom. The summed E-state index contributed by atoms with van der Waals surface area (Å²) < 4.78 is 5.60. The fourth-order valence-electron chi connectivity index (χ4n) is 2.27. The molecule has 88 valence electrons. The van der Waals surface area contributed by atoms with Gasteiger partial charge in [0.05, 0.1) is 12.2 Å². The van der Waals surface area contributed by atoms with Crippen molar-refractivity contribution in [2.24, 2.45) is 5.92 Å². The molecular weight excluding hydrogens is 200 g/mol. The van der Waals surface area contributed by atoms with Crippen molar-refractivity contribution in [3.63, 3.8) is 0 Å². The average Bonchev–Trinajstić information content (AvgIpc) is 2.26. The van der Waals surface area contributed by atoms with Crippen LogP contribution in [-0.2, 0) is 0 Å². The van der Waals surface area contributed by atoms with Crippen LogP contribution in [0.25, 0.3) is 0 Å². The van der Waals surface area contributed by atoms with Crippen LogP contribution in [-0.4, -0.2) is 17.3 Å². The molecule has 2 rings (SSSR count). The minimum Gasteiger partial charge on any atom is -0.491 e. The molecule has 3 atom stereocenters. The Morgan fingerprint density at radius 1 is 1.25 bits per heavy atom. The fourth-order valence-corrected chi connectivity index (χ4v) is 2.27. The highest BCUT2D eigenvalue weighted by molar-refractivity contribution is 5.31. The molecule has 1 aromatic rings. The Morgan fingerprint density at radius 2 is 1.88 bits per heavy atom. The van der Waals surface area contributed by atoms with Crippen LogP contribution in [0, 0.1) is 5.92 Å². The van der Waals surface area contributed by atoms with E-state index in [2.05, 4.69) is 19.1 Å². The third kappa shape index (κ3) is 2.22. The topological polar surface area (TPSA) is 29.5 Å². The minimum atomic E-state index is -0.114. The predicted octanol–water partition coefficient (Wildman–Crippen LogP) is 2.96. The Hall–Kier alpha value is -1.02. The lowest BCUT2D eigenvalue weighted by Gasteiger charge is -2.39. The monoisotopic (exact) mass is 220 g/mol. The molecule has 1 aliphatic rings. The highest BCUT2D eigenvalue weighted by atomic mass is 16.5. The quantitative estimate of drug-likeness (QED) is 0.848. The average molecular weight is 220 g/mol. The Bertz CT molecular complexity index is 342. The lowest BCUT2D eigenvalue weighted by atomic mass is 9.69. The lowest BCUT2D eigenvalue weighted by molar-refractivity contribution is 0.0117. The molecule has 0 saturated heterocycles. The molecule has 0 radical (unpaired) electrons. The summed E-state index contributed by atoms with van der Waals surface area (Å²) >= 11 is 0. The van der Waals surface area contributed by atoms with Crippen molar-refractivity contribution in [3.05, 3.63) is 29.8 Å². The molecule has 2 heteroatoms. The molecule has 0 amide bonds. The van der Waals surface area contributed by atoms with Crippen molar-refractivity contribution < 1.29 is 9.84 Å². The van der Waals surface area contributed by atoms with Crippen molar-refractivity contribution in [2.45, 2.75) is 45.3 Å². The van der Waals surface area contributed by atoms with Crippen molar-refractivity contribution in [2.75, 3.05) is 0 Å². The first-order chi connectivity index (χ1) is 7.58. The molecule has 1 saturated carbocycles. The normalized spacial score (nSPS) is 28.9. The third-order valence-corrected chi connectivity index (χ3v) is 3.42. The molecule has 0 aromatic heterocycles. The van der Waals surface area contributed by atoms with E-state index in [1.165, 1.54) is 5.56 Å². The number of hydrogen-bond donors (Lipinski definition) is 1. The van der Waals surface area contributed by atoms with Gasteiger partial charge < -0.3 is 9.84 Å². The van der Waals surface area contributed by atoms with Gasteiger partial charge in [0.1, 0.15) is 5.75 Å². The number of hydrogen-bond acceptors (Lipinski definition) is 2. The summed E-state index contributed by atoms with van der Waals surface area (Å²) in [7, 11) is 0. The van der Waals surface area contributed by atoms with Crippen molar-refractivity contribution in [1.29, 1.82) is 0 Å². The van der Waals surface area contributed by atoms with Crippen LogP contribution in [0.2, 0.25) is 0 Å². The number of aliphatic hydroxyl groups is 1. The van der Waals surface area contributed by atoms with Gasteiger partial charge in [0.25, 0.3) is 0 Å². The van der Waals surface area contributed by atoms with Gasteiger partial charge in [-0.05, 0) is 49.8 Å². The van der Waals surface area contributed by atoms with Gasteiger partial charge in [0, 0.05) is 0 Å². The zero-order valence-electron chi connectivity index (χ0n) is 10.2. The summed E-state index contributed by atoms with van der Waals surface area (Å²) in [6.45, 7) is 6.16. The summed E-state index contributed by atoms with van der Waals surface area (Å²) in [5.74, 6) is 1.83. The summed E-state index contributed by atoms with van der Waals surface area (Å²) in [5.41, 5.74) is 1.31. The van der Waals surface area contributed by atoms with Crippen LogP contribution < -0.4 is 4.74 Å². The first kappa shape index (κ1) is 11.5. The molecule has 0 spiro atoms. The van der Waals surface area contributed by atoms with E-state index in [1.54, 1.807) is 0 Å². The van der Waals surface area contributed by atoms with E-state index in [1.807, 2.05) is 26.0 Å². The molecule has 1 N–H and O–H groups in total. The van der Waals surface area contributed by atoms with E-state index in [4.69, 9.17) is 4.74 Å². The maximum atomic E-state index is 9.50. The second-order valence-corrected chi connectivity index (χ2v) is 5.00. The van der Waals surface area contributed by atoms with Crippen molar-refractivity contribution in [1.82, 2.24) is 0 Å². The van der Waals surface area contributed by atoms with Crippen LogP contribution in [0.15, 0.2) is 24.3 Å². The third-order valence-electron chi connectivity index (χ3n) is 3.42. The van der Waals surface area contributed by atoms with E-state index in [-0.39, 0.29) is 12.2 Å². The van der Waals surface area contributed by atoms with Gasteiger partial charge in [-0.25, -0.2) is 0 Å². The zero-order valence-corrected chi connectivity index (χ0v) is 10.2. The van der Waals surface area contributed by atoms with Crippen molar-refractivity contribution >= 4 is 0 Å². The molecule has 1 aromatic carbocycles. The smallest absolute Gasteiger partial charge is 0.119 e. The molecule has 1 aliphatic carbocycles.